The quantitative estimate of drug-likeness (QED) is 0.661. The zero-order valence-electron chi connectivity index (χ0n) is 9.55. The maximum absolute atomic E-state index is 8.75. The highest BCUT2D eigenvalue weighted by atomic mass is 19.0. The van der Waals surface area contributed by atoms with E-state index in [1.807, 2.05) is 0 Å². The average molecular weight is 194 g/mol. The molecule has 0 unspecified atom stereocenters. The fraction of sp³-hybridized carbons (Fsp3) is 1.00. The molecule has 1 aliphatic rings. The van der Waals surface area contributed by atoms with E-state index in [-0.39, 0.29) is 7.43 Å². The van der Waals surface area contributed by atoms with Crippen LogP contribution in [-0.4, -0.2) is 50.5 Å². The Labute approximate surface area is 83.8 Å². The third-order valence-electron chi connectivity index (χ3n) is 2.66. The van der Waals surface area contributed by atoms with Crippen molar-refractivity contribution in [3.8, 4) is 0 Å². The van der Waals surface area contributed by atoms with E-state index in [1.54, 1.807) is 0 Å². The molecule has 1 aliphatic heterocycles. The number of halogens is 1. The van der Waals surface area contributed by atoms with Gasteiger partial charge in [-0.1, -0.05) is 7.43 Å². The molecule has 0 amide bonds. The summed E-state index contributed by atoms with van der Waals surface area (Å²) in [6.07, 6.45) is 1.34. The smallest absolute Gasteiger partial charge is 0.269 e. The number of likely N-dealkylation sites (N-methyl/N-ethyl adjacent to an activating group) is 1. The molecule has 0 aliphatic carbocycles. The van der Waals surface area contributed by atoms with E-state index in [0.717, 1.165) is 12.1 Å². The van der Waals surface area contributed by atoms with E-state index in [2.05, 4.69) is 39.2 Å². The molecule has 3 heteroatoms. The Morgan fingerprint density at radius 1 is 1.46 bits per heavy atom. The summed E-state index contributed by atoms with van der Waals surface area (Å²) in [5.41, 5.74) is 0. The van der Waals surface area contributed by atoms with Gasteiger partial charge in [-0.2, -0.15) is 0 Å². The van der Waals surface area contributed by atoms with E-state index < -0.39 is 0 Å². The summed E-state index contributed by atoms with van der Waals surface area (Å²) in [4.78, 5) is 4.88. The van der Waals surface area contributed by atoms with Crippen LogP contribution in [0.2, 0.25) is 0 Å². The third kappa shape index (κ3) is 4.05. The van der Waals surface area contributed by atoms with E-state index in [9.17, 15) is 0 Å². The molecule has 0 aromatic carbocycles. The summed E-state index contributed by atoms with van der Waals surface area (Å²) < 4.78 is 13.0. The lowest BCUT2D eigenvalue weighted by Crippen LogP contribution is -2.34. The largest absolute Gasteiger partial charge is 0.305 e. The molecule has 0 spiro atoms. The lowest BCUT2D eigenvalue weighted by Gasteiger charge is -2.22. The second-order valence-electron chi connectivity index (χ2n) is 3.99. The monoisotopic (exact) mass is 194 g/mol. The van der Waals surface area contributed by atoms with Gasteiger partial charge in [0.1, 0.15) is 0 Å². The van der Waals surface area contributed by atoms with Crippen molar-refractivity contribution in [2.24, 2.45) is 0 Å². The van der Waals surface area contributed by atoms with Crippen LogP contribution >= 0.6 is 0 Å². The highest BCUT2D eigenvalue weighted by molar-refractivity contribution is 4.82. The fourth-order valence-corrected chi connectivity index (χ4v) is 1.66. The van der Waals surface area contributed by atoms with Crippen molar-refractivity contribution in [2.75, 3.05) is 27.2 Å². The minimum atomic E-state index is 0. The van der Waals surface area contributed by atoms with Crippen molar-refractivity contribution in [1.82, 2.24) is 9.80 Å². The third-order valence-corrected chi connectivity index (χ3v) is 2.66. The minimum absolute atomic E-state index is 0. The van der Waals surface area contributed by atoms with Gasteiger partial charge in [-0.3, -0.25) is 9.62 Å². The second-order valence-corrected chi connectivity index (χ2v) is 3.99. The lowest BCUT2D eigenvalue weighted by atomic mass is 10.2. The zero-order valence-corrected chi connectivity index (χ0v) is 8.55. The van der Waals surface area contributed by atoms with Crippen molar-refractivity contribution >= 4 is 0 Å². The predicted molar refractivity (Wildman–Crippen MR) is 58.0 cm³/mol. The average Bonchev–Trinajstić information content (AvgIpc) is 2.56. The Bertz CT molecular complexity index is 117. The van der Waals surface area contributed by atoms with Gasteiger partial charge in [-0.25, -0.2) is 0 Å². The molecule has 1 rings (SSSR count). The SMILES string of the molecule is C.CC(C)N1CC[C@H](N(C)C)C1.[3H]F. The van der Waals surface area contributed by atoms with Crippen molar-refractivity contribution < 1.29 is 4.72 Å². The van der Waals surface area contributed by atoms with Crippen LogP contribution in [0.1, 0.15) is 27.7 Å². The first-order valence-corrected chi connectivity index (χ1v) is 4.51. The number of hydrogen-bond acceptors (Lipinski definition) is 2. The van der Waals surface area contributed by atoms with Gasteiger partial charge in [0.15, 0.2) is 0 Å². The second kappa shape index (κ2) is 6.33. The van der Waals surface area contributed by atoms with Gasteiger partial charge >= 0.3 is 0 Å². The van der Waals surface area contributed by atoms with Gasteiger partial charge in [0, 0.05) is 25.2 Å². The molecule has 0 N–H and O–H groups in total. The van der Waals surface area contributed by atoms with Gasteiger partial charge in [0.25, 0.3) is 1.45 Å². The first-order valence-electron chi connectivity index (χ1n) is 4.89. The summed E-state index contributed by atoms with van der Waals surface area (Å²) in [5.74, 6) is 0. The molecule has 1 saturated heterocycles. The molecular weight excluding hydrogens is 167 g/mol. The highest BCUT2D eigenvalue weighted by Crippen LogP contribution is 2.15. The molecule has 0 saturated carbocycles. The molecular formula is C10H25FN2. The summed E-state index contributed by atoms with van der Waals surface area (Å²) in [6, 6.07) is 1.51. The van der Waals surface area contributed by atoms with Gasteiger partial charge < -0.3 is 4.90 Å². The van der Waals surface area contributed by atoms with Crippen molar-refractivity contribution in [3.05, 3.63) is 0 Å². The first kappa shape index (κ1) is 12.8. The van der Waals surface area contributed by atoms with Crippen LogP contribution in [0.3, 0.4) is 0 Å². The summed E-state index contributed by atoms with van der Waals surface area (Å²) >= 11 is 0. The standard InChI is InChI=1S/C9H20N2.CH4.FH/c1-8(2)11-6-5-9(7-11)10(3)4;;/h8-9H,5-7H2,1-4H3;1H4;1H/t9-;;/m0../s1/i/hT. The molecule has 2 nitrogen and oxygen atoms in total. The summed E-state index contributed by atoms with van der Waals surface area (Å²) in [6.45, 7) is 7.08. The van der Waals surface area contributed by atoms with Crippen LogP contribution in [0.4, 0.5) is 4.72 Å². The van der Waals surface area contributed by atoms with Gasteiger partial charge in [-0.15, -0.1) is 0 Å². The molecule has 1 atom stereocenters. The molecule has 0 radical (unpaired) electrons. The van der Waals surface area contributed by atoms with Crippen molar-refractivity contribution in [1.29, 1.82) is 1.45 Å². The van der Waals surface area contributed by atoms with E-state index in [1.165, 1.54) is 19.5 Å². The number of likely N-dealkylation sites (tertiary alicyclic amines) is 1. The van der Waals surface area contributed by atoms with Crippen molar-refractivity contribution in [2.45, 2.75) is 39.8 Å². The van der Waals surface area contributed by atoms with Gasteiger partial charge in [-0.05, 0) is 34.4 Å². The highest BCUT2D eigenvalue weighted by Gasteiger charge is 2.24. The maximum atomic E-state index is 8.75. The Hall–Kier alpha value is -0.150. The number of nitrogens with zero attached hydrogens (tertiary/aromatic N) is 2. The van der Waals surface area contributed by atoms with Crippen LogP contribution in [-0.2, 0) is 0 Å². The van der Waals surface area contributed by atoms with Gasteiger partial charge in [0.2, 0.25) is 0 Å². The maximum Gasteiger partial charge on any atom is 0.269 e. The van der Waals surface area contributed by atoms with Crippen molar-refractivity contribution in [3.63, 3.8) is 0 Å². The summed E-state index contributed by atoms with van der Waals surface area (Å²) in [7, 11) is 4.35. The molecule has 13 heavy (non-hydrogen) atoms. The molecule has 82 valence electrons. The first-order chi connectivity index (χ1) is 6.11. The van der Waals surface area contributed by atoms with E-state index in [4.69, 9.17) is 4.72 Å². The molecule has 0 aromatic rings. The van der Waals surface area contributed by atoms with Crippen LogP contribution in [0.5, 0.6) is 0 Å². The number of hydrogen-bond donors (Lipinski definition) is 0. The summed E-state index contributed by atoms with van der Waals surface area (Å²) in [5, 5.41) is 0. The molecule has 1 heterocycles. The van der Waals surface area contributed by atoms with Crippen LogP contribution in [0.15, 0.2) is 0 Å². The van der Waals surface area contributed by atoms with E-state index in [0.29, 0.717) is 0 Å². The van der Waals surface area contributed by atoms with Gasteiger partial charge in [0.05, 0.1) is 0 Å². The molecule has 1 fully saturated rings. The normalized spacial score (nSPS) is 23.6. The van der Waals surface area contributed by atoms with Crippen LogP contribution < -0.4 is 0 Å². The lowest BCUT2D eigenvalue weighted by molar-refractivity contribution is 0.237. The van der Waals surface area contributed by atoms with Crippen LogP contribution in [0, 0.1) is 0 Å². The molecule has 0 bridgehead atoms. The minimum Gasteiger partial charge on any atom is -0.305 e. The van der Waals surface area contributed by atoms with Crippen LogP contribution in [0.25, 0.3) is 0 Å². The number of rotatable bonds is 2. The Morgan fingerprint density at radius 3 is 2.23 bits per heavy atom. The Balaban J connectivity index is 0. The predicted octanol–water partition coefficient (Wildman–Crippen LogP) is 1.82. The zero-order chi connectivity index (χ0) is 10.4. The van der Waals surface area contributed by atoms with E-state index >= 15 is 0 Å². The molecule has 0 aromatic heterocycles. The Morgan fingerprint density at radius 2 is 2.00 bits per heavy atom. The fourth-order valence-electron chi connectivity index (χ4n) is 1.66. The Kier molecular flexibility index (Phi) is 6.25. The topological polar surface area (TPSA) is 6.48 Å².